The highest BCUT2D eigenvalue weighted by Gasteiger charge is 2.27. The lowest BCUT2D eigenvalue weighted by Gasteiger charge is -2.35. The smallest absolute Gasteiger partial charge is 0.410 e. The second-order valence-corrected chi connectivity index (χ2v) is 7.80. The van der Waals surface area contributed by atoms with Crippen LogP contribution in [0.3, 0.4) is 0 Å². The number of hydrogen-bond acceptors (Lipinski definition) is 7. The average molecular weight is 350 g/mol. The van der Waals surface area contributed by atoms with Crippen LogP contribution < -0.4 is 9.80 Å². The largest absolute Gasteiger partial charge is 0.444 e. The number of amides is 1. The fourth-order valence-corrected chi connectivity index (χ4v) is 2.38. The van der Waals surface area contributed by atoms with Gasteiger partial charge in [-0.1, -0.05) is 13.8 Å². The highest BCUT2D eigenvalue weighted by Crippen LogP contribution is 2.19. The summed E-state index contributed by atoms with van der Waals surface area (Å²) in [7, 11) is 3.84. The number of aromatic nitrogens is 3. The van der Waals surface area contributed by atoms with Crippen molar-refractivity contribution >= 4 is 18.0 Å². The Bertz CT molecular complexity index is 577. The number of anilines is 2. The summed E-state index contributed by atoms with van der Waals surface area (Å²) in [5, 5.41) is 0. The molecule has 0 aliphatic carbocycles. The molecule has 2 rings (SSSR count). The van der Waals surface area contributed by atoms with E-state index in [9.17, 15) is 4.79 Å². The van der Waals surface area contributed by atoms with Crippen molar-refractivity contribution in [3.63, 3.8) is 0 Å². The first-order chi connectivity index (χ1) is 11.6. The van der Waals surface area contributed by atoms with Gasteiger partial charge < -0.3 is 19.4 Å². The van der Waals surface area contributed by atoms with E-state index in [1.54, 1.807) is 4.90 Å². The quantitative estimate of drug-likeness (QED) is 0.826. The number of ether oxygens (including phenoxy) is 1. The minimum atomic E-state index is -0.477. The minimum absolute atomic E-state index is 0.225. The number of piperazine rings is 1. The number of nitrogens with zero attached hydrogens (tertiary/aromatic N) is 6. The predicted molar refractivity (Wildman–Crippen MR) is 98.3 cm³/mol. The van der Waals surface area contributed by atoms with E-state index < -0.39 is 5.60 Å². The number of carbonyl (C=O) groups is 1. The van der Waals surface area contributed by atoms with E-state index >= 15 is 0 Å². The zero-order valence-electron chi connectivity index (χ0n) is 16.4. The van der Waals surface area contributed by atoms with Crippen molar-refractivity contribution in [2.24, 2.45) is 0 Å². The van der Waals surface area contributed by atoms with Crippen LogP contribution in [0.25, 0.3) is 0 Å². The zero-order chi connectivity index (χ0) is 18.8. The molecule has 8 heteroatoms. The highest BCUT2D eigenvalue weighted by molar-refractivity contribution is 5.68. The molecule has 1 aromatic heterocycles. The Hall–Kier alpha value is -2.12. The molecule has 25 heavy (non-hydrogen) atoms. The average Bonchev–Trinajstić information content (AvgIpc) is 2.53. The van der Waals surface area contributed by atoms with Crippen molar-refractivity contribution in [3.05, 3.63) is 5.82 Å². The molecule has 0 saturated carbocycles. The summed E-state index contributed by atoms with van der Waals surface area (Å²) in [6.07, 6.45) is -0.264. The first kappa shape index (κ1) is 19.2. The monoisotopic (exact) mass is 350 g/mol. The molecule has 1 amide bonds. The lowest BCUT2D eigenvalue weighted by Crippen LogP contribution is -2.50. The van der Waals surface area contributed by atoms with Crippen LogP contribution in [-0.2, 0) is 4.74 Å². The van der Waals surface area contributed by atoms with Gasteiger partial charge in [-0.25, -0.2) is 4.79 Å². The van der Waals surface area contributed by atoms with Crippen LogP contribution in [0.15, 0.2) is 0 Å². The molecular formula is C17H30N6O2. The summed E-state index contributed by atoms with van der Waals surface area (Å²) in [5.74, 6) is 2.33. The van der Waals surface area contributed by atoms with Crippen molar-refractivity contribution in [1.29, 1.82) is 0 Å². The summed E-state index contributed by atoms with van der Waals surface area (Å²) in [6, 6.07) is 0. The third-order valence-corrected chi connectivity index (χ3v) is 3.76. The predicted octanol–water partition coefficient (Wildman–Crippen LogP) is 2.12. The highest BCUT2D eigenvalue weighted by atomic mass is 16.6. The van der Waals surface area contributed by atoms with E-state index in [2.05, 4.69) is 33.7 Å². The zero-order valence-corrected chi connectivity index (χ0v) is 16.4. The van der Waals surface area contributed by atoms with Gasteiger partial charge in [0.25, 0.3) is 0 Å². The molecule has 1 saturated heterocycles. The lowest BCUT2D eigenvalue weighted by molar-refractivity contribution is 0.0240. The van der Waals surface area contributed by atoms with Gasteiger partial charge in [0, 0.05) is 46.2 Å². The van der Waals surface area contributed by atoms with Gasteiger partial charge in [-0.15, -0.1) is 0 Å². The second kappa shape index (κ2) is 7.41. The van der Waals surface area contributed by atoms with Gasteiger partial charge in [-0.05, 0) is 20.8 Å². The molecule has 0 aromatic carbocycles. The van der Waals surface area contributed by atoms with Crippen molar-refractivity contribution in [2.75, 3.05) is 50.1 Å². The molecule has 140 valence electrons. The van der Waals surface area contributed by atoms with Gasteiger partial charge in [-0.3, -0.25) is 0 Å². The fraction of sp³-hybridized carbons (Fsp3) is 0.765. The Morgan fingerprint density at radius 1 is 1.08 bits per heavy atom. The lowest BCUT2D eigenvalue weighted by atomic mass is 10.2. The van der Waals surface area contributed by atoms with Crippen LogP contribution in [0.4, 0.5) is 16.7 Å². The molecule has 2 heterocycles. The number of carbonyl (C=O) groups excluding carboxylic acids is 1. The molecule has 1 aliphatic rings. The van der Waals surface area contributed by atoms with Crippen LogP contribution in [0.1, 0.15) is 46.4 Å². The maximum Gasteiger partial charge on any atom is 0.410 e. The van der Waals surface area contributed by atoms with Crippen molar-refractivity contribution in [2.45, 2.75) is 46.1 Å². The van der Waals surface area contributed by atoms with Crippen LogP contribution >= 0.6 is 0 Å². The van der Waals surface area contributed by atoms with Crippen LogP contribution in [0, 0.1) is 0 Å². The Balaban J connectivity index is 2.08. The third-order valence-electron chi connectivity index (χ3n) is 3.76. The molecule has 0 N–H and O–H groups in total. The van der Waals surface area contributed by atoms with Gasteiger partial charge in [0.1, 0.15) is 11.4 Å². The van der Waals surface area contributed by atoms with Gasteiger partial charge >= 0.3 is 6.09 Å². The number of hydrogen-bond donors (Lipinski definition) is 0. The van der Waals surface area contributed by atoms with Crippen LogP contribution in [0.5, 0.6) is 0 Å². The van der Waals surface area contributed by atoms with E-state index in [1.807, 2.05) is 39.8 Å². The summed E-state index contributed by atoms with van der Waals surface area (Å²) in [4.78, 5) is 31.6. The van der Waals surface area contributed by atoms with E-state index in [0.717, 1.165) is 5.82 Å². The summed E-state index contributed by atoms with van der Waals surface area (Å²) in [5.41, 5.74) is -0.477. The topological polar surface area (TPSA) is 74.7 Å². The Morgan fingerprint density at radius 3 is 2.16 bits per heavy atom. The first-order valence-corrected chi connectivity index (χ1v) is 8.73. The van der Waals surface area contributed by atoms with Crippen molar-refractivity contribution in [3.8, 4) is 0 Å². The van der Waals surface area contributed by atoms with E-state index in [0.29, 0.717) is 38.1 Å². The molecule has 0 bridgehead atoms. The Morgan fingerprint density at radius 2 is 1.68 bits per heavy atom. The van der Waals surface area contributed by atoms with E-state index in [4.69, 9.17) is 4.74 Å². The van der Waals surface area contributed by atoms with Crippen molar-refractivity contribution in [1.82, 2.24) is 19.9 Å². The molecule has 1 fully saturated rings. The molecule has 0 radical (unpaired) electrons. The molecule has 8 nitrogen and oxygen atoms in total. The number of rotatable bonds is 3. The molecule has 1 aromatic rings. The third kappa shape index (κ3) is 5.17. The SMILES string of the molecule is CC(C)c1nc(N(C)C)nc(N2CCN(C(=O)OC(C)(C)C)CC2)n1. The fourth-order valence-electron chi connectivity index (χ4n) is 2.38. The molecule has 0 spiro atoms. The van der Waals surface area contributed by atoms with Gasteiger partial charge in [0.15, 0.2) is 0 Å². The Kier molecular flexibility index (Phi) is 5.69. The molecule has 0 unspecified atom stereocenters. The van der Waals surface area contributed by atoms with Crippen LogP contribution in [0.2, 0.25) is 0 Å². The summed E-state index contributed by atoms with van der Waals surface area (Å²) < 4.78 is 5.44. The maximum absolute atomic E-state index is 12.2. The standard InChI is InChI=1S/C17H30N6O2/c1-12(2)13-18-14(21(6)7)20-15(19-13)22-8-10-23(11-9-22)16(24)25-17(3,4)5/h12H,8-11H2,1-7H3. The Labute approximate surface area is 150 Å². The first-order valence-electron chi connectivity index (χ1n) is 8.73. The van der Waals surface area contributed by atoms with Crippen molar-refractivity contribution < 1.29 is 9.53 Å². The van der Waals surface area contributed by atoms with Gasteiger partial charge in [0.2, 0.25) is 11.9 Å². The molecular weight excluding hydrogens is 320 g/mol. The summed E-state index contributed by atoms with van der Waals surface area (Å²) in [6.45, 7) is 12.3. The van der Waals surface area contributed by atoms with E-state index in [1.165, 1.54) is 0 Å². The molecule has 0 atom stereocenters. The maximum atomic E-state index is 12.2. The van der Waals surface area contributed by atoms with Gasteiger partial charge in [-0.2, -0.15) is 15.0 Å². The summed E-state index contributed by atoms with van der Waals surface area (Å²) >= 11 is 0. The normalized spacial score (nSPS) is 15.5. The van der Waals surface area contributed by atoms with Gasteiger partial charge in [0.05, 0.1) is 0 Å². The van der Waals surface area contributed by atoms with E-state index in [-0.39, 0.29) is 12.0 Å². The minimum Gasteiger partial charge on any atom is -0.444 e. The van der Waals surface area contributed by atoms with Crippen LogP contribution in [-0.4, -0.2) is 71.8 Å². The molecule has 1 aliphatic heterocycles. The second-order valence-electron chi connectivity index (χ2n) is 7.80.